The van der Waals surface area contributed by atoms with Gasteiger partial charge in [0, 0.05) is 13.2 Å². The van der Waals surface area contributed by atoms with Crippen LogP contribution >= 0.6 is 0 Å². The van der Waals surface area contributed by atoms with Crippen molar-refractivity contribution in [1.82, 2.24) is 15.1 Å². The fourth-order valence-corrected chi connectivity index (χ4v) is 0.846. The first-order valence-electron chi connectivity index (χ1n) is 3.73. The molecule has 7 heteroatoms. The first-order chi connectivity index (χ1) is 6.41. The topological polar surface area (TPSA) is 46.9 Å². The monoisotopic (exact) mass is 207 g/mol. The maximum atomic E-state index is 11.7. The number of hydrogen-bond acceptors (Lipinski definition) is 2. The minimum atomic E-state index is -4.83. The summed E-state index contributed by atoms with van der Waals surface area (Å²) in [7, 11) is 1.58. The number of rotatable bonds is 2. The molecule has 1 aromatic heterocycles. The van der Waals surface area contributed by atoms with Gasteiger partial charge >= 0.3 is 12.1 Å². The lowest BCUT2D eigenvalue weighted by Crippen LogP contribution is -2.36. The van der Waals surface area contributed by atoms with Crippen LogP contribution in [0.4, 0.5) is 13.2 Å². The molecule has 1 heterocycles. The molecule has 1 aromatic rings. The highest BCUT2D eigenvalue weighted by atomic mass is 19.4. The molecule has 0 atom stereocenters. The average molecular weight is 207 g/mol. The van der Waals surface area contributed by atoms with Gasteiger partial charge in [0.15, 0.2) is 0 Å². The number of nitrogens with one attached hydrogen (secondary N) is 1. The summed E-state index contributed by atoms with van der Waals surface area (Å²) in [5.74, 6) is -1.95. The van der Waals surface area contributed by atoms with Crippen LogP contribution in [-0.2, 0) is 18.4 Å². The van der Waals surface area contributed by atoms with Crippen LogP contribution in [0.15, 0.2) is 12.3 Å². The van der Waals surface area contributed by atoms with Gasteiger partial charge in [-0.05, 0) is 6.07 Å². The zero-order valence-electron chi connectivity index (χ0n) is 7.30. The first kappa shape index (κ1) is 10.6. The van der Waals surface area contributed by atoms with Crippen molar-refractivity contribution in [3.05, 3.63) is 18.0 Å². The van der Waals surface area contributed by atoms with Crippen molar-refractivity contribution in [3.63, 3.8) is 0 Å². The number of aryl methyl sites for hydroxylation is 1. The van der Waals surface area contributed by atoms with E-state index in [9.17, 15) is 18.0 Å². The number of carbonyl (C=O) groups is 1. The van der Waals surface area contributed by atoms with Gasteiger partial charge in [-0.3, -0.25) is 9.48 Å². The number of hydrogen-bond donors (Lipinski definition) is 1. The summed E-state index contributed by atoms with van der Waals surface area (Å²) in [6.45, 7) is -0.186. The molecule has 0 aliphatic rings. The highest BCUT2D eigenvalue weighted by Gasteiger charge is 2.38. The summed E-state index contributed by atoms with van der Waals surface area (Å²) < 4.78 is 36.6. The minimum absolute atomic E-state index is 0.186. The maximum Gasteiger partial charge on any atom is 0.471 e. The molecule has 1 rings (SSSR count). The van der Waals surface area contributed by atoms with Crippen molar-refractivity contribution in [3.8, 4) is 0 Å². The molecule has 4 nitrogen and oxygen atoms in total. The van der Waals surface area contributed by atoms with Crippen molar-refractivity contribution in [2.45, 2.75) is 12.7 Å². The predicted octanol–water partition coefficient (Wildman–Crippen LogP) is 0.599. The Morgan fingerprint density at radius 2 is 2.29 bits per heavy atom. The third-order valence-corrected chi connectivity index (χ3v) is 1.61. The van der Waals surface area contributed by atoms with Gasteiger partial charge in [-0.25, -0.2) is 0 Å². The molecule has 0 aliphatic heterocycles. The van der Waals surface area contributed by atoms with Gasteiger partial charge in [0.1, 0.15) is 0 Å². The van der Waals surface area contributed by atoms with Crippen LogP contribution in [-0.4, -0.2) is 21.9 Å². The van der Waals surface area contributed by atoms with E-state index in [0.29, 0.717) is 5.69 Å². The molecule has 0 spiro atoms. The van der Waals surface area contributed by atoms with Crippen molar-refractivity contribution in [1.29, 1.82) is 0 Å². The SMILES string of the molecule is Cn1nccc1CNC(=O)C(F)(F)F. The fraction of sp³-hybridized carbons (Fsp3) is 0.429. The molecule has 0 saturated carbocycles. The zero-order chi connectivity index (χ0) is 10.8. The van der Waals surface area contributed by atoms with E-state index in [1.54, 1.807) is 12.4 Å². The number of amides is 1. The number of alkyl halides is 3. The molecule has 1 amide bonds. The zero-order valence-corrected chi connectivity index (χ0v) is 7.30. The molecule has 0 aromatic carbocycles. The molecule has 1 N–H and O–H groups in total. The third kappa shape index (κ3) is 2.48. The summed E-state index contributed by atoms with van der Waals surface area (Å²) in [6.07, 6.45) is -3.40. The number of aromatic nitrogens is 2. The Morgan fingerprint density at radius 3 is 2.71 bits per heavy atom. The normalized spacial score (nSPS) is 11.4. The lowest BCUT2D eigenvalue weighted by Gasteiger charge is -2.07. The second kappa shape index (κ2) is 3.69. The largest absolute Gasteiger partial charge is 0.471 e. The van der Waals surface area contributed by atoms with Gasteiger partial charge in [0.2, 0.25) is 0 Å². The van der Waals surface area contributed by atoms with Crippen molar-refractivity contribution in [2.75, 3.05) is 0 Å². The van der Waals surface area contributed by atoms with Gasteiger partial charge in [-0.1, -0.05) is 0 Å². The maximum absolute atomic E-state index is 11.7. The van der Waals surface area contributed by atoms with E-state index in [4.69, 9.17) is 0 Å². The lowest BCUT2D eigenvalue weighted by atomic mass is 10.4. The molecular formula is C7H8F3N3O. The minimum Gasteiger partial charge on any atom is -0.343 e. The predicted molar refractivity (Wildman–Crippen MR) is 41.1 cm³/mol. The number of halogens is 3. The summed E-state index contributed by atoms with van der Waals surface area (Å²) in [4.78, 5) is 10.4. The van der Waals surface area contributed by atoms with Gasteiger partial charge in [0.05, 0.1) is 12.2 Å². The molecule has 0 bridgehead atoms. The van der Waals surface area contributed by atoms with Gasteiger partial charge < -0.3 is 5.32 Å². The van der Waals surface area contributed by atoms with Gasteiger partial charge in [-0.15, -0.1) is 0 Å². The molecule has 14 heavy (non-hydrogen) atoms. The second-order valence-electron chi connectivity index (χ2n) is 2.63. The molecule has 0 radical (unpaired) electrons. The van der Waals surface area contributed by atoms with E-state index in [-0.39, 0.29) is 6.54 Å². The quantitative estimate of drug-likeness (QED) is 0.771. The van der Waals surface area contributed by atoms with Crippen LogP contribution in [0, 0.1) is 0 Å². The molecule has 0 fully saturated rings. The lowest BCUT2D eigenvalue weighted by molar-refractivity contribution is -0.173. The van der Waals surface area contributed by atoms with E-state index < -0.39 is 12.1 Å². The Balaban J connectivity index is 2.50. The molecule has 0 saturated heterocycles. The van der Waals surface area contributed by atoms with Gasteiger partial charge in [-0.2, -0.15) is 18.3 Å². The van der Waals surface area contributed by atoms with E-state index in [2.05, 4.69) is 5.10 Å². The summed E-state index contributed by atoms with van der Waals surface area (Å²) in [5, 5.41) is 5.48. The van der Waals surface area contributed by atoms with Crippen molar-refractivity contribution in [2.24, 2.45) is 7.05 Å². The smallest absolute Gasteiger partial charge is 0.343 e. The van der Waals surface area contributed by atoms with Crippen LogP contribution in [0.25, 0.3) is 0 Å². The van der Waals surface area contributed by atoms with E-state index in [0.717, 1.165) is 0 Å². The van der Waals surface area contributed by atoms with Crippen LogP contribution < -0.4 is 5.32 Å². The number of nitrogens with zero attached hydrogens (tertiary/aromatic N) is 2. The van der Waals surface area contributed by atoms with E-state index in [1.807, 2.05) is 0 Å². The van der Waals surface area contributed by atoms with Crippen LogP contribution in [0.3, 0.4) is 0 Å². The summed E-state index contributed by atoms with van der Waals surface area (Å²) in [5.41, 5.74) is 0.502. The highest BCUT2D eigenvalue weighted by molar-refractivity contribution is 5.81. The standard InChI is InChI=1S/C7H8F3N3O/c1-13-5(2-3-12-13)4-11-6(14)7(8,9)10/h2-3H,4H2,1H3,(H,11,14). The first-order valence-corrected chi connectivity index (χ1v) is 3.73. The average Bonchev–Trinajstić information content (AvgIpc) is 2.45. The fourth-order valence-electron chi connectivity index (χ4n) is 0.846. The Hall–Kier alpha value is -1.53. The van der Waals surface area contributed by atoms with Crippen LogP contribution in [0.2, 0.25) is 0 Å². The Morgan fingerprint density at radius 1 is 1.64 bits per heavy atom. The van der Waals surface area contributed by atoms with Gasteiger partial charge in [0.25, 0.3) is 0 Å². The third-order valence-electron chi connectivity index (χ3n) is 1.61. The summed E-state index contributed by atoms with van der Waals surface area (Å²) in [6, 6.07) is 1.52. The molecular weight excluding hydrogens is 199 g/mol. The summed E-state index contributed by atoms with van der Waals surface area (Å²) >= 11 is 0. The van der Waals surface area contributed by atoms with Crippen molar-refractivity contribution < 1.29 is 18.0 Å². The molecule has 78 valence electrons. The molecule has 0 unspecified atom stereocenters. The van der Waals surface area contributed by atoms with Crippen LogP contribution in [0.5, 0.6) is 0 Å². The molecule has 0 aliphatic carbocycles. The van der Waals surface area contributed by atoms with E-state index in [1.165, 1.54) is 16.9 Å². The van der Waals surface area contributed by atoms with E-state index >= 15 is 0 Å². The number of carbonyl (C=O) groups excluding carboxylic acids is 1. The Bertz CT molecular complexity index is 331. The van der Waals surface area contributed by atoms with Crippen LogP contribution in [0.1, 0.15) is 5.69 Å². The Labute approximate surface area is 77.7 Å². The second-order valence-corrected chi connectivity index (χ2v) is 2.63. The van der Waals surface area contributed by atoms with Crippen molar-refractivity contribution >= 4 is 5.91 Å². The Kier molecular flexibility index (Phi) is 2.78. The highest BCUT2D eigenvalue weighted by Crippen LogP contribution is 2.14.